The van der Waals surface area contributed by atoms with Crippen LogP contribution in [0, 0.1) is 5.82 Å². The maximum absolute atomic E-state index is 15.0. The van der Waals surface area contributed by atoms with E-state index in [4.69, 9.17) is 14.9 Å². The van der Waals surface area contributed by atoms with E-state index in [1.54, 1.807) is 30.3 Å². The van der Waals surface area contributed by atoms with Crippen LogP contribution >= 0.6 is 0 Å². The highest BCUT2D eigenvalue weighted by Gasteiger charge is 2.17. The van der Waals surface area contributed by atoms with E-state index in [0.29, 0.717) is 39.1 Å². The molecule has 8 heteroatoms. The molecule has 2 aromatic carbocycles. The van der Waals surface area contributed by atoms with Crippen molar-refractivity contribution < 1.29 is 28.2 Å². The number of nitrogens with zero attached hydrogens (tertiary/aromatic N) is 1. The monoisotopic (exact) mass is 448 g/mol. The lowest BCUT2D eigenvalue weighted by atomic mass is 10.00. The molecule has 0 radical (unpaired) electrons. The molecule has 0 unspecified atom stereocenters. The molecular weight excluding hydrogens is 427 g/mol. The lowest BCUT2D eigenvalue weighted by molar-refractivity contribution is -0.136. The molecule has 0 aliphatic rings. The van der Waals surface area contributed by atoms with Crippen LogP contribution in [0.4, 0.5) is 4.39 Å². The fraction of sp³-hybridized carbons (Fsp3) is 0.160. The van der Waals surface area contributed by atoms with Gasteiger partial charge in [-0.15, -0.1) is 0 Å². The Labute approximate surface area is 188 Å². The Morgan fingerprint density at radius 1 is 1.15 bits per heavy atom. The molecule has 33 heavy (non-hydrogen) atoms. The molecule has 0 atom stereocenters. The fourth-order valence-corrected chi connectivity index (χ4v) is 3.64. The number of aliphatic carboxylic acids is 1. The van der Waals surface area contributed by atoms with Crippen molar-refractivity contribution in [2.24, 2.45) is 5.73 Å². The molecule has 0 amide bonds. The maximum atomic E-state index is 15.0. The standard InChI is InChI=1S/C25H21FN2O5/c1-14(29)16-2-3-17(11-23(30)31)22(10-16)33-13-15-8-18-5-7-32-25(18)20(9-15)19-4-6-28-21(12-27)24(19)26/h2-10H,11-13,27H2,1H3,(H,30,31). The van der Waals surface area contributed by atoms with E-state index >= 15 is 0 Å². The van der Waals surface area contributed by atoms with Crippen molar-refractivity contribution in [3.8, 4) is 16.9 Å². The minimum absolute atomic E-state index is 0.0391. The molecule has 0 saturated carbocycles. The van der Waals surface area contributed by atoms with Crippen molar-refractivity contribution in [1.29, 1.82) is 0 Å². The second-order valence-corrected chi connectivity index (χ2v) is 7.54. The van der Waals surface area contributed by atoms with Gasteiger partial charge in [-0.1, -0.05) is 12.1 Å². The first-order valence-electron chi connectivity index (χ1n) is 10.2. The third-order valence-corrected chi connectivity index (χ3v) is 5.27. The second kappa shape index (κ2) is 9.22. The summed E-state index contributed by atoms with van der Waals surface area (Å²) in [5, 5.41) is 9.95. The van der Waals surface area contributed by atoms with Crippen LogP contribution in [0.1, 0.15) is 34.1 Å². The molecule has 4 aromatic rings. The third kappa shape index (κ3) is 4.61. The van der Waals surface area contributed by atoms with Crippen molar-refractivity contribution >= 4 is 22.7 Å². The van der Waals surface area contributed by atoms with Crippen molar-refractivity contribution in [2.45, 2.75) is 26.5 Å². The number of furan rings is 1. The summed E-state index contributed by atoms with van der Waals surface area (Å²) in [7, 11) is 0. The maximum Gasteiger partial charge on any atom is 0.307 e. The fourth-order valence-electron chi connectivity index (χ4n) is 3.64. The Balaban J connectivity index is 1.72. The normalized spacial score (nSPS) is 11.0. The topological polar surface area (TPSA) is 116 Å². The number of Topliss-reactive ketones (excluding diaryl/α,β-unsaturated/α-hetero) is 1. The van der Waals surface area contributed by atoms with Gasteiger partial charge in [0.25, 0.3) is 0 Å². The lowest BCUT2D eigenvalue weighted by Crippen LogP contribution is -2.06. The summed E-state index contributed by atoms with van der Waals surface area (Å²) in [4.78, 5) is 27.0. The third-order valence-electron chi connectivity index (χ3n) is 5.27. The minimum atomic E-state index is -1.01. The average Bonchev–Trinajstić information content (AvgIpc) is 3.26. The van der Waals surface area contributed by atoms with Crippen molar-refractivity contribution in [3.05, 3.63) is 83.1 Å². The molecule has 168 valence electrons. The molecule has 0 saturated heterocycles. The zero-order chi connectivity index (χ0) is 23.5. The Morgan fingerprint density at radius 3 is 2.70 bits per heavy atom. The van der Waals surface area contributed by atoms with Crippen LogP contribution in [-0.2, 0) is 24.4 Å². The molecule has 7 nitrogen and oxygen atoms in total. The van der Waals surface area contributed by atoms with Crippen molar-refractivity contribution in [3.63, 3.8) is 0 Å². The van der Waals surface area contributed by atoms with E-state index in [9.17, 15) is 19.1 Å². The molecule has 2 heterocycles. The molecular formula is C25H21FN2O5. The van der Waals surface area contributed by atoms with Crippen molar-refractivity contribution in [1.82, 2.24) is 4.98 Å². The number of pyridine rings is 1. The van der Waals surface area contributed by atoms with Crippen LogP contribution in [0.3, 0.4) is 0 Å². The SMILES string of the molecule is CC(=O)c1ccc(CC(=O)O)c(OCc2cc(-c3ccnc(CN)c3F)c3occc3c2)c1. The van der Waals surface area contributed by atoms with Gasteiger partial charge in [-0.05, 0) is 42.8 Å². The molecule has 0 aliphatic heterocycles. The van der Waals surface area contributed by atoms with Crippen LogP contribution in [0.5, 0.6) is 5.75 Å². The highest BCUT2D eigenvalue weighted by Crippen LogP contribution is 2.34. The molecule has 0 bridgehead atoms. The van der Waals surface area contributed by atoms with Gasteiger partial charge in [-0.3, -0.25) is 14.6 Å². The van der Waals surface area contributed by atoms with Gasteiger partial charge in [-0.25, -0.2) is 4.39 Å². The molecule has 0 fully saturated rings. The number of carbonyl (C=O) groups excluding carboxylic acids is 1. The number of fused-ring (bicyclic) bond motifs is 1. The summed E-state index contributed by atoms with van der Waals surface area (Å²) < 4.78 is 26.5. The first kappa shape index (κ1) is 22.2. The molecule has 4 rings (SSSR count). The number of benzene rings is 2. The summed E-state index contributed by atoms with van der Waals surface area (Å²) in [5.74, 6) is -1.39. The van der Waals surface area contributed by atoms with Crippen LogP contribution < -0.4 is 10.5 Å². The summed E-state index contributed by atoms with van der Waals surface area (Å²) >= 11 is 0. The van der Waals surface area contributed by atoms with Gasteiger partial charge in [0, 0.05) is 40.4 Å². The van der Waals surface area contributed by atoms with Gasteiger partial charge < -0.3 is 20.0 Å². The summed E-state index contributed by atoms with van der Waals surface area (Å²) in [6.45, 7) is 1.45. The lowest BCUT2D eigenvalue weighted by Gasteiger charge is -2.13. The molecule has 0 spiro atoms. The van der Waals surface area contributed by atoms with Gasteiger partial charge in [0.2, 0.25) is 0 Å². The summed E-state index contributed by atoms with van der Waals surface area (Å²) in [6.07, 6.45) is 2.76. The first-order chi connectivity index (χ1) is 15.9. The zero-order valence-corrected chi connectivity index (χ0v) is 17.8. The van der Waals surface area contributed by atoms with E-state index in [2.05, 4.69) is 4.98 Å². The first-order valence-corrected chi connectivity index (χ1v) is 10.2. The number of hydrogen-bond acceptors (Lipinski definition) is 6. The second-order valence-electron chi connectivity index (χ2n) is 7.54. The Kier molecular flexibility index (Phi) is 6.19. The van der Waals surface area contributed by atoms with E-state index in [-0.39, 0.29) is 31.0 Å². The van der Waals surface area contributed by atoms with Gasteiger partial charge in [0.15, 0.2) is 11.6 Å². The predicted octanol–water partition coefficient (Wildman–Crippen LogP) is 4.50. The number of nitrogens with two attached hydrogens (primary N) is 1. The zero-order valence-electron chi connectivity index (χ0n) is 17.8. The summed E-state index contributed by atoms with van der Waals surface area (Å²) in [6, 6.07) is 11.6. The number of ketones is 1. The van der Waals surface area contributed by atoms with Gasteiger partial charge in [-0.2, -0.15) is 0 Å². The molecule has 3 N–H and O–H groups in total. The number of halogens is 1. The largest absolute Gasteiger partial charge is 0.489 e. The van der Waals surface area contributed by atoms with Crippen LogP contribution in [0.25, 0.3) is 22.1 Å². The Bertz CT molecular complexity index is 1360. The number of aromatic nitrogens is 1. The van der Waals surface area contributed by atoms with E-state index in [0.717, 1.165) is 5.39 Å². The number of ether oxygens (including phenoxy) is 1. The van der Waals surface area contributed by atoms with E-state index in [1.165, 1.54) is 25.5 Å². The van der Waals surface area contributed by atoms with Gasteiger partial charge in [0.05, 0.1) is 18.4 Å². The van der Waals surface area contributed by atoms with Gasteiger partial charge >= 0.3 is 5.97 Å². The Hall–Kier alpha value is -4.04. The number of carboxylic acids is 1. The average molecular weight is 448 g/mol. The number of carbonyl (C=O) groups is 2. The molecule has 2 aromatic heterocycles. The van der Waals surface area contributed by atoms with Crippen LogP contribution in [-0.4, -0.2) is 21.8 Å². The smallest absolute Gasteiger partial charge is 0.307 e. The van der Waals surface area contributed by atoms with E-state index in [1.807, 2.05) is 6.07 Å². The Morgan fingerprint density at radius 2 is 1.97 bits per heavy atom. The van der Waals surface area contributed by atoms with Crippen LogP contribution in [0.2, 0.25) is 0 Å². The highest BCUT2D eigenvalue weighted by atomic mass is 19.1. The number of carboxylic acid groups (broad SMARTS) is 1. The predicted molar refractivity (Wildman–Crippen MR) is 119 cm³/mol. The number of rotatable bonds is 8. The van der Waals surface area contributed by atoms with Crippen LogP contribution in [0.15, 0.2) is 59.3 Å². The minimum Gasteiger partial charge on any atom is -0.489 e. The van der Waals surface area contributed by atoms with Gasteiger partial charge in [0.1, 0.15) is 17.9 Å². The highest BCUT2D eigenvalue weighted by molar-refractivity contribution is 5.95. The van der Waals surface area contributed by atoms with E-state index < -0.39 is 11.8 Å². The quantitative estimate of drug-likeness (QED) is 0.381. The molecule has 0 aliphatic carbocycles. The number of hydrogen-bond donors (Lipinski definition) is 2. The summed E-state index contributed by atoms with van der Waals surface area (Å²) in [5.41, 5.74) is 8.66. The van der Waals surface area contributed by atoms with Crippen molar-refractivity contribution in [2.75, 3.05) is 0 Å².